The summed E-state index contributed by atoms with van der Waals surface area (Å²) in [6, 6.07) is 2.54. The lowest BCUT2D eigenvalue weighted by Crippen LogP contribution is -2.09. The van der Waals surface area contributed by atoms with Gasteiger partial charge in [-0.25, -0.2) is 9.97 Å². The second-order valence-corrected chi connectivity index (χ2v) is 3.52. The van der Waals surface area contributed by atoms with Crippen LogP contribution >= 0.6 is 0 Å². The van der Waals surface area contributed by atoms with Gasteiger partial charge < -0.3 is 5.32 Å². The number of hydrogen-bond donors (Lipinski definition) is 1. The van der Waals surface area contributed by atoms with Crippen molar-refractivity contribution in [3.63, 3.8) is 0 Å². The minimum absolute atomic E-state index is 0.469. The van der Waals surface area contributed by atoms with Gasteiger partial charge in [-0.05, 0) is 12.8 Å². The summed E-state index contributed by atoms with van der Waals surface area (Å²) in [4.78, 5) is 8.13. The van der Waals surface area contributed by atoms with Crippen LogP contribution < -0.4 is 5.32 Å². The van der Waals surface area contributed by atoms with Gasteiger partial charge in [0.25, 0.3) is 0 Å². The molecule has 0 unspecified atom stereocenters. The molecule has 2 aromatic heterocycles. The van der Waals surface area contributed by atoms with Gasteiger partial charge in [0.15, 0.2) is 5.65 Å². The first-order valence-corrected chi connectivity index (χ1v) is 4.74. The largest absolute Gasteiger partial charge is 0.351 e. The van der Waals surface area contributed by atoms with Gasteiger partial charge in [0.2, 0.25) is 5.95 Å². The Hall–Kier alpha value is -2.16. The summed E-state index contributed by atoms with van der Waals surface area (Å²) in [5, 5.41) is 16.1. The standard InChI is InChI=1S/C9H8N6/c10-3-6-4-13-15-8(6)11-5-12-9(15)14-7-1-2-7/h4-5,7H,1-2H2,(H,11,12,14). The zero-order valence-electron chi connectivity index (χ0n) is 7.88. The van der Waals surface area contributed by atoms with Crippen molar-refractivity contribution in [3.05, 3.63) is 18.1 Å². The summed E-state index contributed by atoms with van der Waals surface area (Å²) in [5.41, 5.74) is 1.02. The van der Waals surface area contributed by atoms with Crippen LogP contribution in [0.2, 0.25) is 0 Å². The van der Waals surface area contributed by atoms with Crippen molar-refractivity contribution in [1.82, 2.24) is 19.6 Å². The van der Waals surface area contributed by atoms with E-state index in [-0.39, 0.29) is 0 Å². The SMILES string of the molecule is N#Cc1cnn2c(NC3CC3)ncnc12. The minimum Gasteiger partial charge on any atom is -0.351 e. The van der Waals surface area contributed by atoms with Gasteiger partial charge >= 0.3 is 0 Å². The molecular weight excluding hydrogens is 192 g/mol. The maximum Gasteiger partial charge on any atom is 0.227 e. The first-order valence-electron chi connectivity index (χ1n) is 4.74. The van der Waals surface area contributed by atoms with Crippen LogP contribution in [0.15, 0.2) is 12.5 Å². The third-order valence-corrected chi connectivity index (χ3v) is 2.34. The Kier molecular flexibility index (Phi) is 1.59. The van der Waals surface area contributed by atoms with Gasteiger partial charge in [-0.15, -0.1) is 0 Å². The van der Waals surface area contributed by atoms with Crippen LogP contribution in [-0.2, 0) is 0 Å². The molecule has 1 saturated carbocycles. The van der Waals surface area contributed by atoms with Crippen LogP contribution in [0.5, 0.6) is 0 Å². The summed E-state index contributed by atoms with van der Waals surface area (Å²) in [6.07, 6.45) is 5.28. The van der Waals surface area contributed by atoms with Crippen molar-refractivity contribution in [1.29, 1.82) is 5.26 Å². The molecule has 15 heavy (non-hydrogen) atoms. The van der Waals surface area contributed by atoms with Crippen LogP contribution in [0, 0.1) is 11.3 Å². The van der Waals surface area contributed by atoms with Crippen LogP contribution in [0.3, 0.4) is 0 Å². The molecule has 0 saturated heterocycles. The second kappa shape index (κ2) is 2.92. The number of nitrogens with zero attached hydrogens (tertiary/aromatic N) is 5. The predicted molar refractivity (Wildman–Crippen MR) is 52.1 cm³/mol. The second-order valence-electron chi connectivity index (χ2n) is 3.52. The van der Waals surface area contributed by atoms with Crippen molar-refractivity contribution in [2.24, 2.45) is 0 Å². The van der Waals surface area contributed by atoms with Gasteiger partial charge in [-0.3, -0.25) is 0 Å². The number of rotatable bonds is 2. The first kappa shape index (κ1) is 8.17. The monoisotopic (exact) mass is 200 g/mol. The van der Waals surface area contributed by atoms with Gasteiger partial charge in [-0.2, -0.15) is 14.9 Å². The molecule has 2 heterocycles. The van der Waals surface area contributed by atoms with E-state index < -0.39 is 0 Å². The summed E-state index contributed by atoms with van der Waals surface area (Å²) < 4.78 is 1.57. The van der Waals surface area contributed by atoms with E-state index >= 15 is 0 Å². The number of nitrogens with one attached hydrogen (secondary N) is 1. The maximum absolute atomic E-state index is 8.83. The van der Waals surface area contributed by atoms with Crippen molar-refractivity contribution in [2.45, 2.75) is 18.9 Å². The average molecular weight is 200 g/mol. The van der Waals surface area contributed by atoms with E-state index in [1.807, 2.05) is 6.07 Å². The average Bonchev–Trinajstić information content (AvgIpc) is 2.97. The van der Waals surface area contributed by atoms with Crippen molar-refractivity contribution in [2.75, 3.05) is 5.32 Å². The molecule has 74 valence electrons. The molecular formula is C9H8N6. The van der Waals surface area contributed by atoms with E-state index in [1.54, 1.807) is 4.52 Å². The summed E-state index contributed by atoms with van der Waals surface area (Å²) in [7, 11) is 0. The Labute approximate surface area is 85.6 Å². The molecule has 1 fully saturated rings. The molecule has 3 rings (SSSR count). The van der Waals surface area contributed by atoms with Gasteiger partial charge in [0.05, 0.1) is 6.20 Å². The lowest BCUT2D eigenvalue weighted by Gasteiger charge is -2.03. The highest BCUT2D eigenvalue weighted by Crippen LogP contribution is 2.23. The quantitative estimate of drug-likeness (QED) is 0.766. The normalized spacial score (nSPS) is 15.1. The molecule has 0 atom stereocenters. The summed E-state index contributed by atoms with van der Waals surface area (Å²) in [6.45, 7) is 0. The minimum atomic E-state index is 0.469. The van der Waals surface area contributed by atoms with E-state index in [9.17, 15) is 0 Å². The fourth-order valence-corrected chi connectivity index (χ4v) is 1.40. The Bertz CT molecular complexity index is 547. The highest BCUT2D eigenvalue weighted by Gasteiger charge is 2.23. The lowest BCUT2D eigenvalue weighted by molar-refractivity contribution is 0.880. The molecule has 6 nitrogen and oxygen atoms in total. The number of anilines is 1. The Morgan fingerprint density at radius 1 is 1.47 bits per heavy atom. The van der Waals surface area contributed by atoms with Crippen LogP contribution in [0.1, 0.15) is 18.4 Å². The third-order valence-electron chi connectivity index (χ3n) is 2.34. The lowest BCUT2D eigenvalue weighted by atomic mass is 10.4. The smallest absolute Gasteiger partial charge is 0.227 e. The van der Waals surface area contributed by atoms with E-state index in [0.717, 1.165) is 12.8 Å². The molecule has 1 aliphatic carbocycles. The Balaban J connectivity index is 2.13. The van der Waals surface area contributed by atoms with Gasteiger partial charge in [0.1, 0.15) is 18.0 Å². The van der Waals surface area contributed by atoms with Crippen LogP contribution in [0.4, 0.5) is 5.95 Å². The zero-order chi connectivity index (χ0) is 10.3. The highest BCUT2D eigenvalue weighted by molar-refractivity contribution is 5.56. The highest BCUT2D eigenvalue weighted by atomic mass is 15.3. The molecule has 1 N–H and O–H groups in total. The molecule has 0 radical (unpaired) electrons. The molecule has 0 spiro atoms. The number of nitriles is 1. The molecule has 0 amide bonds. The molecule has 0 bridgehead atoms. The Morgan fingerprint density at radius 3 is 3.07 bits per heavy atom. The molecule has 6 heteroatoms. The molecule has 0 aliphatic heterocycles. The van der Waals surface area contributed by atoms with Gasteiger partial charge in [-0.1, -0.05) is 0 Å². The summed E-state index contributed by atoms with van der Waals surface area (Å²) >= 11 is 0. The van der Waals surface area contributed by atoms with Gasteiger partial charge in [0, 0.05) is 6.04 Å². The molecule has 1 aliphatic rings. The maximum atomic E-state index is 8.83. The number of fused-ring (bicyclic) bond motifs is 1. The fourth-order valence-electron chi connectivity index (χ4n) is 1.40. The fraction of sp³-hybridized carbons (Fsp3) is 0.333. The predicted octanol–water partition coefficient (Wildman–Crippen LogP) is 0.570. The molecule has 2 aromatic rings. The van der Waals surface area contributed by atoms with E-state index in [2.05, 4.69) is 20.4 Å². The van der Waals surface area contributed by atoms with E-state index in [0.29, 0.717) is 23.2 Å². The van der Waals surface area contributed by atoms with E-state index in [1.165, 1.54) is 12.5 Å². The number of aromatic nitrogens is 4. The van der Waals surface area contributed by atoms with E-state index in [4.69, 9.17) is 5.26 Å². The first-order chi connectivity index (χ1) is 7.38. The van der Waals surface area contributed by atoms with Crippen molar-refractivity contribution in [3.8, 4) is 6.07 Å². The third kappa shape index (κ3) is 1.29. The van der Waals surface area contributed by atoms with Crippen molar-refractivity contribution < 1.29 is 0 Å². The molecule has 0 aromatic carbocycles. The zero-order valence-corrected chi connectivity index (χ0v) is 7.88. The Morgan fingerprint density at radius 2 is 2.33 bits per heavy atom. The van der Waals surface area contributed by atoms with Crippen LogP contribution in [-0.4, -0.2) is 25.6 Å². The van der Waals surface area contributed by atoms with Crippen LogP contribution in [0.25, 0.3) is 5.65 Å². The number of hydrogen-bond acceptors (Lipinski definition) is 5. The van der Waals surface area contributed by atoms with Crippen molar-refractivity contribution >= 4 is 11.6 Å². The summed E-state index contributed by atoms with van der Waals surface area (Å²) in [5.74, 6) is 0.656. The topological polar surface area (TPSA) is 78.9 Å².